The third-order valence-corrected chi connectivity index (χ3v) is 1.07. The highest BCUT2D eigenvalue weighted by Crippen LogP contribution is 1.95. The van der Waals surface area contributed by atoms with Gasteiger partial charge in [-0.05, 0) is 0 Å². The van der Waals surface area contributed by atoms with Gasteiger partial charge in [0.2, 0.25) is 5.91 Å². The minimum absolute atomic E-state index is 0.247. The Balaban J connectivity index is 3.94. The molecule has 0 aromatic carbocycles. The Hall–Kier alpha value is -1.14. The molecule has 0 saturated carbocycles. The van der Waals surface area contributed by atoms with Crippen LogP contribution in [0, 0.1) is 0 Å². The number of nitrogens with one attached hydrogen (secondary N) is 1. The summed E-state index contributed by atoms with van der Waals surface area (Å²) in [7, 11) is 1.24. The second kappa shape index (κ2) is 4.64. The average molecular weight is 162 g/mol. The Kier molecular flexibility index (Phi) is 4.16. The van der Waals surface area contributed by atoms with E-state index in [0.29, 0.717) is 0 Å². The van der Waals surface area contributed by atoms with E-state index in [0.717, 1.165) is 0 Å². The van der Waals surface area contributed by atoms with Crippen LogP contribution in [0.3, 0.4) is 0 Å². The highest BCUT2D eigenvalue weighted by Gasteiger charge is 2.18. The number of hydrogen-bond donors (Lipinski definition) is 3. The zero-order chi connectivity index (χ0) is 8.85. The summed E-state index contributed by atoms with van der Waals surface area (Å²) in [5.74, 6) is -1.45. The first-order valence-electron chi connectivity index (χ1n) is 2.86. The molecular weight excluding hydrogens is 152 g/mol. The van der Waals surface area contributed by atoms with Crippen LogP contribution in [-0.4, -0.2) is 30.2 Å². The van der Waals surface area contributed by atoms with E-state index in [1.807, 2.05) is 0 Å². The molecule has 0 rings (SSSR count). The highest BCUT2D eigenvalue weighted by atomic mass is 16.5. The van der Waals surface area contributed by atoms with Crippen LogP contribution in [-0.2, 0) is 14.3 Å². The molecule has 0 aliphatic heterocycles. The summed E-state index contributed by atoms with van der Waals surface area (Å²) in [6.45, 7) is 0. The molecule has 11 heavy (non-hydrogen) atoms. The monoisotopic (exact) mass is 162 g/mol. The topological polar surface area (TPSA) is 102 Å². The van der Waals surface area contributed by atoms with Crippen molar-refractivity contribution in [3.05, 3.63) is 0 Å². The molecule has 0 aliphatic rings. The average Bonchev–Trinajstić information content (AvgIpc) is 1.98. The molecule has 0 unspecified atom stereocenters. The van der Waals surface area contributed by atoms with Gasteiger partial charge < -0.3 is 10.5 Å². The molecular formula is C5H10N2O4. The minimum Gasteiger partial charge on any atom is -0.371 e. The summed E-state index contributed by atoms with van der Waals surface area (Å²) in [5, 5.41) is 8.12. The number of carbonyl (C=O) groups is 2. The predicted molar refractivity (Wildman–Crippen MR) is 34.5 cm³/mol. The lowest BCUT2D eigenvalue weighted by atomic mass is 10.2. The van der Waals surface area contributed by atoms with Crippen molar-refractivity contribution in [2.24, 2.45) is 5.73 Å². The second-order valence-corrected chi connectivity index (χ2v) is 1.87. The lowest BCUT2D eigenvalue weighted by Crippen LogP contribution is -2.36. The van der Waals surface area contributed by atoms with Crippen LogP contribution < -0.4 is 11.2 Å². The van der Waals surface area contributed by atoms with Crippen LogP contribution in [0.4, 0.5) is 0 Å². The van der Waals surface area contributed by atoms with Crippen molar-refractivity contribution >= 4 is 11.8 Å². The van der Waals surface area contributed by atoms with E-state index < -0.39 is 17.9 Å². The van der Waals surface area contributed by atoms with E-state index in [2.05, 4.69) is 4.74 Å². The van der Waals surface area contributed by atoms with E-state index in [4.69, 9.17) is 10.9 Å². The van der Waals surface area contributed by atoms with Crippen LogP contribution in [0.2, 0.25) is 0 Å². The number of hydrogen-bond acceptors (Lipinski definition) is 4. The number of ether oxygens (including phenoxy) is 1. The van der Waals surface area contributed by atoms with Gasteiger partial charge in [0.05, 0.1) is 6.42 Å². The number of methoxy groups -OCH3 is 1. The molecule has 0 fully saturated rings. The number of carbonyl (C=O) groups excluding carboxylic acids is 2. The van der Waals surface area contributed by atoms with Gasteiger partial charge in [0.1, 0.15) is 6.10 Å². The fraction of sp³-hybridized carbons (Fsp3) is 0.600. The largest absolute Gasteiger partial charge is 0.371 e. The minimum atomic E-state index is -1.02. The fourth-order valence-corrected chi connectivity index (χ4v) is 0.538. The smallest absolute Gasteiger partial charge is 0.272 e. The highest BCUT2D eigenvalue weighted by molar-refractivity contribution is 5.86. The third kappa shape index (κ3) is 3.54. The zero-order valence-corrected chi connectivity index (χ0v) is 6.03. The van der Waals surface area contributed by atoms with Crippen molar-refractivity contribution in [1.29, 1.82) is 0 Å². The van der Waals surface area contributed by atoms with Gasteiger partial charge in [-0.15, -0.1) is 0 Å². The van der Waals surface area contributed by atoms with E-state index >= 15 is 0 Å². The molecule has 0 bridgehead atoms. The van der Waals surface area contributed by atoms with Crippen molar-refractivity contribution in [2.75, 3.05) is 7.11 Å². The maximum absolute atomic E-state index is 10.6. The fourth-order valence-electron chi connectivity index (χ4n) is 0.538. The molecule has 0 radical (unpaired) electrons. The summed E-state index contributed by atoms with van der Waals surface area (Å²) >= 11 is 0. The standard InChI is InChI=1S/C5H10N2O4/c1-11-3(2-4(6)8)5(9)7-10/h3,10H,2H2,1H3,(H2,6,8)(H,7,9)/t3-/m0/s1. The Morgan fingerprint density at radius 3 is 2.55 bits per heavy atom. The quantitative estimate of drug-likeness (QED) is 0.341. The van der Waals surface area contributed by atoms with Gasteiger partial charge in [-0.25, -0.2) is 5.48 Å². The van der Waals surface area contributed by atoms with Crippen molar-refractivity contribution in [1.82, 2.24) is 5.48 Å². The zero-order valence-electron chi connectivity index (χ0n) is 6.03. The molecule has 4 N–H and O–H groups in total. The molecule has 2 amide bonds. The van der Waals surface area contributed by atoms with Crippen LogP contribution in [0.5, 0.6) is 0 Å². The Morgan fingerprint density at radius 1 is 1.73 bits per heavy atom. The van der Waals surface area contributed by atoms with Crippen molar-refractivity contribution in [2.45, 2.75) is 12.5 Å². The van der Waals surface area contributed by atoms with Crippen LogP contribution in [0.15, 0.2) is 0 Å². The van der Waals surface area contributed by atoms with Gasteiger partial charge in [-0.1, -0.05) is 0 Å². The van der Waals surface area contributed by atoms with Gasteiger partial charge in [0, 0.05) is 7.11 Å². The Morgan fingerprint density at radius 2 is 2.27 bits per heavy atom. The van der Waals surface area contributed by atoms with Crippen LogP contribution in [0.1, 0.15) is 6.42 Å². The van der Waals surface area contributed by atoms with E-state index in [-0.39, 0.29) is 6.42 Å². The molecule has 64 valence electrons. The van der Waals surface area contributed by atoms with Crippen molar-refractivity contribution < 1.29 is 19.5 Å². The molecule has 0 aromatic heterocycles. The summed E-state index contributed by atoms with van der Waals surface area (Å²) < 4.78 is 4.54. The summed E-state index contributed by atoms with van der Waals surface area (Å²) in [6, 6.07) is 0. The first kappa shape index (κ1) is 9.86. The SMILES string of the molecule is CO[C@@H](CC(N)=O)C(=O)NO. The Bertz CT molecular complexity index is 159. The third-order valence-electron chi connectivity index (χ3n) is 1.07. The van der Waals surface area contributed by atoms with Gasteiger partial charge in [0.25, 0.3) is 5.91 Å². The maximum Gasteiger partial charge on any atom is 0.272 e. The first-order chi connectivity index (χ1) is 5.11. The molecule has 0 heterocycles. The van der Waals surface area contributed by atoms with Gasteiger partial charge in [-0.3, -0.25) is 14.8 Å². The summed E-state index contributed by atoms with van der Waals surface area (Å²) in [4.78, 5) is 20.9. The lowest BCUT2D eigenvalue weighted by Gasteiger charge is -2.09. The van der Waals surface area contributed by atoms with Crippen molar-refractivity contribution in [3.63, 3.8) is 0 Å². The second-order valence-electron chi connectivity index (χ2n) is 1.87. The van der Waals surface area contributed by atoms with Crippen molar-refractivity contribution in [3.8, 4) is 0 Å². The number of nitrogens with two attached hydrogens (primary N) is 1. The molecule has 6 nitrogen and oxygen atoms in total. The Labute approximate surface area is 63.3 Å². The maximum atomic E-state index is 10.6. The number of primary amides is 1. The van der Waals surface area contributed by atoms with E-state index in [1.54, 1.807) is 0 Å². The van der Waals surface area contributed by atoms with Gasteiger partial charge in [0.15, 0.2) is 0 Å². The van der Waals surface area contributed by atoms with E-state index in [9.17, 15) is 9.59 Å². The molecule has 6 heteroatoms. The summed E-state index contributed by atoms with van der Waals surface area (Å²) in [6.07, 6.45) is -1.26. The lowest BCUT2D eigenvalue weighted by molar-refractivity contribution is -0.142. The molecule has 0 aliphatic carbocycles. The first-order valence-corrected chi connectivity index (χ1v) is 2.86. The van der Waals surface area contributed by atoms with Gasteiger partial charge in [-0.2, -0.15) is 0 Å². The van der Waals surface area contributed by atoms with Gasteiger partial charge >= 0.3 is 0 Å². The molecule has 0 aromatic rings. The molecule has 1 atom stereocenters. The van der Waals surface area contributed by atoms with E-state index in [1.165, 1.54) is 12.6 Å². The van der Waals surface area contributed by atoms with Crippen LogP contribution in [0.25, 0.3) is 0 Å². The molecule has 0 saturated heterocycles. The number of amides is 2. The normalized spacial score (nSPS) is 12.2. The number of hydroxylamine groups is 1. The van der Waals surface area contributed by atoms with Crippen LogP contribution >= 0.6 is 0 Å². The molecule has 0 spiro atoms. The number of rotatable bonds is 4. The predicted octanol–water partition coefficient (Wildman–Crippen LogP) is -1.62. The summed E-state index contributed by atoms with van der Waals surface area (Å²) in [5.41, 5.74) is 6.13.